The number of benzene rings is 1. The molecular weight excluding hydrogens is 457 g/mol. The van der Waals surface area contributed by atoms with E-state index < -0.39 is 23.8 Å². The lowest BCUT2D eigenvalue weighted by molar-refractivity contribution is -0.142. The first kappa shape index (κ1) is 24.4. The van der Waals surface area contributed by atoms with Gasteiger partial charge in [-0.05, 0) is 38.3 Å². The molecule has 0 aliphatic carbocycles. The molecule has 1 unspecified atom stereocenters. The Balaban J connectivity index is 1.70. The van der Waals surface area contributed by atoms with Crippen LogP contribution in [0.3, 0.4) is 0 Å². The van der Waals surface area contributed by atoms with Gasteiger partial charge in [-0.15, -0.1) is 0 Å². The van der Waals surface area contributed by atoms with E-state index in [-0.39, 0.29) is 17.0 Å². The largest absolute Gasteiger partial charge is 0.433 e. The van der Waals surface area contributed by atoms with E-state index in [9.17, 15) is 18.0 Å². The summed E-state index contributed by atoms with van der Waals surface area (Å²) >= 11 is 0. The van der Waals surface area contributed by atoms with Gasteiger partial charge in [0.15, 0.2) is 17.0 Å². The Morgan fingerprint density at radius 2 is 1.77 bits per heavy atom. The van der Waals surface area contributed by atoms with Gasteiger partial charge in [0, 0.05) is 29.9 Å². The minimum Gasteiger partial charge on any atom is -0.344 e. The van der Waals surface area contributed by atoms with Crippen LogP contribution in [0.5, 0.6) is 0 Å². The molecular formula is C25H27F3N6O. The van der Waals surface area contributed by atoms with Gasteiger partial charge in [-0.25, -0.2) is 9.50 Å². The fraction of sp³-hybridized carbons (Fsp3) is 0.360. The van der Waals surface area contributed by atoms with E-state index in [0.717, 1.165) is 22.9 Å². The molecule has 0 bridgehead atoms. The molecule has 35 heavy (non-hydrogen) atoms. The quantitative estimate of drug-likeness (QED) is 0.389. The van der Waals surface area contributed by atoms with Gasteiger partial charge in [-0.3, -0.25) is 9.48 Å². The number of carbonyl (C=O) groups is 1. The van der Waals surface area contributed by atoms with Crippen molar-refractivity contribution in [1.29, 1.82) is 0 Å². The van der Waals surface area contributed by atoms with Crippen molar-refractivity contribution in [3.05, 3.63) is 70.8 Å². The van der Waals surface area contributed by atoms with Gasteiger partial charge in [0.1, 0.15) is 0 Å². The maximum atomic E-state index is 13.9. The average Bonchev–Trinajstić information content (AvgIpc) is 3.41. The second kappa shape index (κ2) is 9.16. The summed E-state index contributed by atoms with van der Waals surface area (Å²) in [6, 6.07) is 9.06. The number of carbonyl (C=O) groups excluding carboxylic acids is 1. The lowest BCUT2D eigenvalue weighted by Crippen LogP contribution is -2.27. The van der Waals surface area contributed by atoms with Crippen molar-refractivity contribution in [2.24, 2.45) is 0 Å². The van der Waals surface area contributed by atoms with Crippen molar-refractivity contribution in [3.8, 4) is 11.3 Å². The summed E-state index contributed by atoms with van der Waals surface area (Å²) in [5.41, 5.74) is 2.16. The van der Waals surface area contributed by atoms with Gasteiger partial charge in [0.05, 0.1) is 17.4 Å². The number of rotatable bonds is 6. The van der Waals surface area contributed by atoms with Gasteiger partial charge in [0.25, 0.3) is 5.91 Å². The molecule has 184 valence electrons. The van der Waals surface area contributed by atoms with E-state index in [1.54, 1.807) is 23.7 Å². The average molecular weight is 485 g/mol. The van der Waals surface area contributed by atoms with Crippen LogP contribution >= 0.6 is 0 Å². The minimum absolute atomic E-state index is 0.0597. The van der Waals surface area contributed by atoms with E-state index in [4.69, 9.17) is 0 Å². The van der Waals surface area contributed by atoms with E-state index in [0.29, 0.717) is 22.5 Å². The SMILES string of the molecule is CCn1cc(C(C)NC(=O)c2cc3nc(-c4ccc(C(C)C)cc4)cc(C(F)(F)F)n3n2)c(C)n1. The number of hydrogen-bond acceptors (Lipinski definition) is 4. The van der Waals surface area contributed by atoms with Crippen molar-refractivity contribution in [1.82, 2.24) is 29.7 Å². The van der Waals surface area contributed by atoms with E-state index >= 15 is 0 Å². The molecule has 1 aromatic carbocycles. The second-order valence-corrected chi connectivity index (χ2v) is 8.82. The third kappa shape index (κ3) is 4.91. The summed E-state index contributed by atoms with van der Waals surface area (Å²) in [6.07, 6.45) is -2.85. The number of fused-ring (bicyclic) bond motifs is 1. The molecule has 0 radical (unpaired) electrons. The Morgan fingerprint density at radius 1 is 1.09 bits per heavy atom. The first-order chi connectivity index (χ1) is 16.5. The molecule has 3 heterocycles. The first-order valence-electron chi connectivity index (χ1n) is 11.4. The lowest BCUT2D eigenvalue weighted by Gasteiger charge is -2.12. The predicted octanol–water partition coefficient (Wildman–Crippen LogP) is 5.55. The fourth-order valence-electron chi connectivity index (χ4n) is 3.94. The van der Waals surface area contributed by atoms with Crippen molar-refractivity contribution >= 4 is 11.6 Å². The molecule has 4 rings (SSSR count). The van der Waals surface area contributed by atoms with Crippen molar-refractivity contribution in [2.75, 3.05) is 0 Å². The standard InChI is InChI=1S/C25H27F3N6O/c1-6-33-13-19(16(5)31-33)15(4)29-24(35)21-12-23-30-20(11-22(25(26,27)28)34(23)32-21)18-9-7-17(8-10-18)14(2)3/h7-15H,6H2,1-5H3,(H,29,35). The number of aromatic nitrogens is 5. The highest BCUT2D eigenvalue weighted by Gasteiger charge is 2.35. The third-order valence-electron chi connectivity index (χ3n) is 5.95. The van der Waals surface area contributed by atoms with Crippen molar-refractivity contribution in [3.63, 3.8) is 0 Å². The van der Waals surface area contributed by atoms with Crippen LogP contribution in [0, 0.1) is 6.92 Å². The molecule has 10 heteroatoms. The summed E-state index contributed by atoms with van der Waals surface area (Å²) in [6.45, 7) is 10.3. The summed E-state index contributed by atoms with van der Waals surface area (Å²) in [5.74, 6) is -0.300. The van der Waals surface area contributed by atoms with Crippen molar-refractivity contribution in [2.45, 2.75) is 59.3 Å². The summed E-state index contributed by atoms with van der Waals surface area (Å²) in [7, 11) is 0. The predicted molar refractivity (Wildman–Crippen MR) is 126 cm³/mol. The number of amides is 1. The van der Waals surface area contributed by atoms with Crippen LogP contribution in [-0.2, 0) is 12.7 Å². The molecule has 0 spiro atoms. The van der Waals surface area contributed by atoms with Crippen LogP contribution in [0.25, 0.3) is 16.9 Å². The fourth-order valence-corrected chi connectivity index (χ4v) is 3.94. The van der Waals surface area contributed by atoms with E-state index in [1.165, 1.54) is 6.07 Å². The van der Waals surface area contributed by atoms with Crippen LogP contribution in [0.4, 0.5) is 13.2 Å². The molecule has 0 aliphatic rings. The van der Waals surface area contributed by atoms with Crippen LogP contribution < -0.4 is 5.32 Å². The van der Waals surface area contributed by atoms with Crippen LogP contribution in [0.2, 0.25) is 0 Å². The third-order valence-corrected chi connectivity index (χ3v) is 5.95. The number of hydrogen-bond donors (Lipinski definition) is 1. The summed E-state index contributed by atoms with van der Waals surface area (Å²) in [5, 5.41) is 11.1. The summed E-state index contributed by atoms with van der Waals surface area (Å²) in [4.78, 5) is 17.2. The molecule has 4 aromatic rings. The van der Waals surface area contributed by atoms with E-state index in [2.05, 4.69) is 20.5 Å². The smallest absolute Gasteiger partial charge is 0.344 e. The van der Waals surface area contributed by atoms with Gasteiger partial charge in [-0.2, -0.15) is 23.4 Å². The molecule has 3 aromatic heterocycles. The molecule has 7 nitrogen and oxygen atoms in total. The highest BCUT2D eigenvalue weighted by atomic mass is 19.4. The van der Waals surface area contributed by atoms with Crippen LogP contribution in [0.15, 0.2) is 42.6 Å². The number of nitrogens with one attached hydrogen (secondary N) is 1. The van der Waals surface area contributed by atoms with Gasteiger partial charge in [-0.1, -0.05) is 38.1 Å². The van der Waals surface area contributed by atoms with Gasteiger partial charge in [0.2, 0.25) is 0 Å². The Hall–Kier alpha value is -3.69. The summed E-state index contributed by atoms with van der Waals surface area (Å²) < 4.78 is 44.2. The zero-order valence-electron chi connectivity index (χ0n) is 20.2. The molecule has 1 amide bonds. The zero-order valence-corrected chi connectivity index (χ0v) is 20.2. The molecule has 1 N–H and O–H groups in total. The maximum Gasteiger partial charge on any atom is 0.433 e. The second-order valence-electron chi connectivity index (χ2n) is 8.82. The number of nitrogens with zero attached hydrogens (tertiary/aromatic N) is 5. The molecule has 1 atom stereocenters. The van der Waals surface area contributed by atoms with Crippen LogP contribution in [-0.4, -0.2) is 30.3 Å². The van der Waals surface area contributed by atoms with E-state index in [1.807, 2.05) is 46.0 Å². The molecule has 0 fully saturated rings. The lowest BCUT2D eigenvalue weighted by atomic mass is 10.0. The zero-order chi connectivity index (χ0) is 25.5. The first-order valence-corrected chi connectivity index (χ1v) is 11.4. The number of alkyl halides is 3. The molecule has 0 saturated carbocycles. The topological polar surface area (TPSA) is 77.1 Å². The Bertz CT molecular complexity index is 1370. The highest BCUT2D eigenvalue weighted by molar-refractivity contribution is 5.93. The van der Waals surface area contributed by atoms with Crippen molar-refractivity contribution < 1.29 is 18.0 Å². The number of aryl methyl sites for hydroxylation is 2. The van der Waals surface area contributed by atoms with Gasteiger partial charge < -0.3 is 5.32 Å². The number of halogens is 3. The Labute approximate surface area is 201 Å². The molecule has 0 saturated heterocycles. The molecule has 0 aliphatic heterocycles. The maximum absolute atomic E-state index is 13.9. The monoisotopic (exact) mass is 484 g/mol. The normalized spacial score (nSPS) is 12.9. The van der Waals surface area contributed by atoms with Gasteiger partial charge >= 0.3 is 6.18 Å². The Kier molecular flexibility index (Phi) is 6.40. The Morgan fingerprint density at radius 3 is 2.34 bits per heavy atom. The minimum atomic E-state index is -4.69. The van der Waals surface area contributed by atoms with Crippen LogP contribution in [0.1, 0.15) is 72.7 Å². The highest BCUT2D eigenvalue weighted by Crippen LogP contribution is 2.33.